The normalized spacial score (nSPS) is 11.4. The molecule has 2 rings (SSSR count). The molecule has 0 radical (unpaired) electrons. The van der Waals surface area contributed by atoms with Crippen LogP contribution in [-0.2, 0) is 6.18 Å². The SMILES string of the molecule is N#Cc1cn(-c2c(Cl)cc(C(F)(F)F)cc2Cl)cc1I. The maximum absolute atomic E-state index is 12.6. The van der Waals surface area contributed by atoms with Gasteiger partial charge in [0.05, 0.1) is 26.9 Å². The Morgan fingerprint density at radius 3 is 2.10 bits per heavy atom. The summed E-state index contributed by atoms with van der Waals surface area (Å²) < 4.78 is 40.0. The number of nitrogens with zero attached hydrogens (tertiary/aromatic N) is 2. The summed E-state index contributed by atoms with van der Waals surface area (Å²) in [6.07, 6.45) is -1.49. The summed E-state index contributed by atoms with van der Waals surface area (Å²) in [5, 5.41) is 8.61. The third-order valence-electron chi connectivity index (χ3n) is 2.50. The van der Waals surface area contributed by atoms with Crippen molar-refractivity contribution in [3.05, 3.63) is 49.3 Å². The van der Waals surface area contributed by atoms with Crippen LogP contribution in [-0.4, -0.2) is 4.57 Å². The van der Waals surface area contributed by atoms with Gasteiger partial charge in [0.15, 0.2) is 0 Å². The summed E-state index contributed by atoms with van der Waals surface area (Å²) in [6.45, 7) is 0. The van der Waals surface area contributed by atoms with Crippen LogP contribution in [0.3, 0.4) is 0 Å². The van der Waals surface area contributed by atoms with Gasteiger partial charge in [-0.15, -0.1) is 0 Å². The molecular weight excluding hydrogens is 427 g/mol. The molecule has 104 valence electrons. The molecule has 20 heavy (non-hydrogen) atoms. The highest BCUT2D eigenvalue weighted by Gasteiger charge is 2.32. The molecule has 1 aromatic carbocycles. The van der Waals surface area contributed by atoms with Gasteiger partial charge in [-0.1, -0.05) is 23.2 Å². The molecule has 1 heterocycles. The molecule has 0 atom stereocenters. The van der Waals surface area contributed by atoms with Crippen molar-refractivity contribution in [2.75, 3.05) is 0 Å². The number of hydrogen-bond donors (Lipinski definition) is 0. The Morgan fingerprint density at radius 2 is 1.70 bits per heavy atom. The zero-order chi connectivity index (χ0) is 15.1. The second-order valence-corrected chi connectivity index (χ2v) is 5.80. The number of halogens is 6. The zero-order valence-electron chi connectivity index (χ0n) is 9.47. The van der Waals surface area contributed by atoms with E-state index in [2.05, 4.69) is 0 Å². The van der Waals surface area contributed by atoms with Crippen LogP contribution >= 0.6 is 45.8 Å². The quantitative estimate of drug-likeness (QED) is 0.566. The Balaban J connectivity index is 2.61. The smallest absolute Gasteiger partial charge is 0.319 e. The maximum atomic E-state index is 12.6. The van der Waals surface area contributed by atoms with Crippen molar-refractivity contribution in [2.24, 2.45) is 0 Å². The van der Waals surface area contributed by atoms with Gasteiger partial charge in [-0.05, 0) is 34.7 Å². The molecule has 8 heteroatoms. The number of alkyl halides is 3. The minimum atomic E-state index is -4.52. The summed E-state index contributed by atoms with van der Waals surface area (Å²) in [7, 11) is 0. The van der Waals surface area contributed by atoms with Gasteiger partial charge < -0.3 is 4.57 Å². The monoisotopic (exact) mass is 430 g/mol. The fourth-order valence-corrected chi connectivity index (χ4v) is 2.86. The summed E-state index contributed by atoms with van der Waals surface area (Å²) in [6, 6.07) is 3.58. The van der Waals surface area contributed by atoms with Crippen LogP contribution in [0.5, 0.6) is 0 Å². The average molecular weight is 431 g/mol. The van der Waals surface area contributed by atoms with Crippen molar-refractivity contribution in [3.63, 3.8) is 0 Å². The Hall–Kier alpha value is -0.910. The van der Waals surface area contributed by atoms with Crippen molar-refractivity contribution in [2.45, 2.75) is 6.18 Å². The third-order valence-corrected chi connectivity index (χ3v) is 3.94. The molecule has 0 fully saturated rings. The number of rotatable bonds is 1. The number of nitriles is 1. The largest absolute Gasteiger partial charge is 0.416 e. The molecule has 2 aromatic rings. The lowest BCUT2D eigenvalue weighted by atomic mass is 10.2. The third kappa shape index (κ3) is 2.90. The van der Waals surface area contributed by atoms with Gasteiger partial charge in [-0.3, -0.25) is 0 Å². The second kappa shape index (κ2) is 5.47. The van der Waals surface area contributed by atoms with Gasteiger partial charge in [0.1, 0.15) is 6.07 Å². The number of benzene rings is 1. The molecule has 0 N–H and O–H groups in total. The molecule has 0 saturated heterocycles. The second-order valence-electron chi connectivity index (χ2n) is 3.83. The van der Waals surface area contributed by atoms with E-state index < -0.39 is 11.7 Å². The van der Waals surface area contributed by atoms with E-state index in [1.165, 1.54) is 10.8 Å². The lowest BCUT2D eigenvalue weighted by molar-refractivity contribution is -0.137. The van der Waals surface area contributed by atoms with E-state index >= 15 is 0 Å². The Bertz CT molecular complexity index is 693. The topological polar surface area (TPSA) is 28.7 Å². The molecule has 1 aromatic heterocycles. The summed E-state index contributed by atoms with van der Waals surface area (Å²) in [5.41, 5.74) is -0.322. The molecule has 0 unspecified atom stereocenters. The predicted octanol–water partition coefficient (Wildman–Crippen LogP) is 5.28. The Kier molecular flexibility index (Phi) is 4.23. The first-order valence-corrected chi connectivity index (χ1v) is 6.91. The zero-order valence-corrected chi connectivity index (χ0v) is 13.1. The maximum Gasteiger partial charge on any atom is 0.416 e. The van der Waals surface area contributed by atoms with Gasteiger partial charge in [0.2, 0.25) is 0 Å². The van der Waals surface area contributed by atoms with E-state index in [4.69, 9.17) is 28.5 Å². The molecule has 0 bridgehead atoms. The standard InChI is InChI=1S/C12H4Cl2F3IN2/c13-8-1-7(12(15,16)17)2-9(14)11(8)20-4-6(3-19)10(18)5-20/h1-2,4-5H. The molecule has 0 aliphatic rings. The number of hydrogen-bond acceptors (Lipinski definition) is 1. The van der Waals surface area contributed by atoms with Crippen molar-refractivity contribution in [3.8, 4) is 11.8 Å². The van der Waals surface area contributed by atoms with E-state index in [-0.39, 0.29) is 15.7 Å². The lowest BCUT2D eigenvalue weighted by Crippen LogP contribution is -2.06. The molecule has 0 aliphatic heterocycles. The summed E-state index contributed by atoms with van der Waals surface area (Å²) >= 11 is 13.7. The molecular formula is C12H4Cl2F3IN2. The van der Waals surface area contributed by atoms with Crippen LogP contribution in [0.15, 0.2) is 24.5 Å². The first-order chi connectivity index (χ1) is 9.24. The van der Waals surface area contributed by atoms with Crippen LogP contribution in [0.2, 0.25) is 10.0 Å². The van der Waals surface area contributed by atoms with E-state index in [0.29, 0.717) is 9.13 Å². The first-order valence-electron chi connectivity index (χ1n) is 5.08. The van der Waals surface area contributed by atoms with E-state index in [0.717, 1.165) is 12.1 Å². The average Bonchev–Trinajstić information content (AvgIpc) is 2.68. The van der Waals surface area contributed by atoms with Crippen LogP contribution in [0.25, 0.3) is 5.69 Å². The van der Waals surface area contributed by atoms with Crippen molar-refractivity contribution in [1.29, 1.82) is 5.26 Å². The highest BCUT2D eigenvalue weighted by molar-refractivity contribution is 14.1. The molecule has 0 amide bonds. The predicted molar refractivity (Wildman–Crippen MR) is 78.2 cm³/mol. The van der Waals surface area contributed by atoms with Crippen LogP contribution in [0, 0.1) is 14.9 Å². The van der Waals surface area contributed by atoms with Crippen molar-refractivity contribution in [1.82, 2.24) is 4.57 Å². The van der Waals surface area contributed by atoms with Crippen molar-refractivity contribution >= 4 is 45.8 Å². The molecule has 0 aliphatic carbocycles. The van der Waals surface area contributed by atoms with E-state index in [1.807, 2.05) is 28.7 Å². The summed E-state index contributed by atoms with van der Waals surface area (Å²) in [4.78, 5) is 0. The van der Waals surface area contributed by atoms with E-state index in [9.17, 15) is 13.2 Å². The minimum absolute atomic E-state index is 0.138. The summed E-state index contributed by atoms with van der Waals surface area (Å²) in [5.74, 6) is 0. The molecule has 0 saturated carbocycles. The fourth-order valence-electron chi connectivity index (χ4n) is 1.62. The van der Waals surface area contributed by atoms with Crippen LogP contribution in [0.1, 0.15) is 11.1 Å². The van der Waals surface area contributed by atoms with E-state index in [1.54, 1.807) is 6.20 Å². The molecule has 2 nitrogen and oxygen atoms in total. The lowest BCUT2D eigenvalue weighted by Gasteiger charge is -2.12. The highest BCUT2D eigenvalue weighted by atomic mass is 127. The number of aromatic nitrogens is 1. The highest BCUT2D eigenvalue weighted by Crippen LogP contribution is 2.37. The Morgan fingerprint density at radius 1 is 1.15 bits per heavy atom. The first kappa shape index (κ1) is 15.5. The van der Waals surface area contributed by atoms with Crippen LogP contribution < -0.4 is 0 Å². The Labute approximate surface area is 135 Å². The molecule has 0 spiro atoms. The van der Waals surface area contributed by atoms with Crippen LogP contribution in [0.4, 0.5) is 13.2 Å². The fraction of sp³-hybridized carbons (Fsp3) is 0.0833. The van der Waals surface area contributed by atoms with Gasteiger partial charge in [0, 0.05) is 16.0 Å². The van der Waals surface area contributed by atoms with Gasteiger partial charge in [-0.25, -0.2) is 0 Å². The minimum Gasteiger partial charge on any atom is -0.319 e. The van der Waals surface area contributed by atoms with Gasteiger partial charge >= 0.3 is 6.18 Å². The van der Waals surface area contributed by atoms with Crippen molar-refractivity contribution < 1.29 is 13.2 Å². The van der Waals surface area contributed by atoms with Gasteiger partial charge in [0.25, 0.3) is 0 Å². The van der Waals surface area contributed by atoms with Gasteiger partial charge in [-0.2, -0.15) is 18.4 Å².